The van der Waals surface area contributed by atoms with Crippen LogP contribution in [0.1, 0.15) is 34.3 Å². The summed E-state index contributed by atoms with van der Waals surface area (Å²) in [6.45, 7) is 5.38. The Morgan fingerprint density at radius 1 is 1.12 bits per heavy atom. The molecule has 4 nitrogen and oxygen atoms in total. The molecule has 0 aliphatic carbocycles. The second-order valence-electron chi connectivity index (χ2n) is 6.53. The van der Waals surface area contributed by atoms with Crippen molar-refractivity contribution in [1.82, 2.24) is 15.0 Å². The standard InChI is InChI=1S/C19H18N4S2/c1-11-12(2)24-19-16(11)17(20-10-21-19)23-9-5-7-14(23)18-22-13-6-3-4-8-15(13)25-18/h3-4,6,8,10,14H,5,7,9H2,1-2H3/t14-/m1/s1. The first kappa shape index (κ1) is 15.2. The smallest absolute Gasteiger partial charge is 0.141 e. The number of nitrogens with zero attached hydrogens (tertiary/aromatic N) is 4. The Morgan fingerprint density at radius 3 is 2.88 bits per heavy atom. The van der Waals surface area contributed by atoms with Crippen LogP contribution in [0.3, 0.4) is 0 Å². The summed E-state index contributed by atoms with van der Waals surface area (Å²) in [7, 11) is 0. The minimum atomic E-state index is 0.315. The molecule has 1 aromatic carbocycles. The zero-order valence-electron chi connectivity index (χ0n) is 14.2. The van der Waals surface area contributed by atoms with Crippen molar-refractivity contribution >= 4 is 48.9 Å². The number of fused-ring (bicyclic) bond motifs is 2. The average Bonchev–Trinajstić information content (AvgIpc) is 3.32. The van der Waals surface area contributed by atoms with Gasteiger partial charge >= 0.3 is 0 Å². The fourth-order valence-electron chi connectivity index (χ4n) is 3.69. The van der Waals surface area contributed by atoms with E-state index in [1.54, 1.807) is 17.7 Å². The first-order chi connectivity index (χ1) is 12.2. The molecule has 1 aliphatic heterocycles. The highest BCUT2D eigenvalue weighted by Crippen LogP contribution is 2.42. The van der Waals surface area contributed by atoms with Crippen LogP contribution in [-0.2, 0) is 0 Å². The van der Waals surface area contributed by atoms with Gasteiger partial charge in [-0.05, 0) is 44.4 Å². The normalized spacial score (nSPS) is 17.8. The van der Waals surface area contributed by atoms with E-state index in [1.165, 1.54) is 32.0 Å². The summed E-state index contributed by atoms with van der Waals surface area (Å²) >= 11 is 3.58. The van der Waals surface area contributed by atoms with Gasteiger partial charge in [-0.1, -0.05) is 12.1 Å². The van der Waals surface area contributed by atoms with Crippen molar-refractivity contribution in [2.75, 3.05) is 11.4 Å². The second-order valence-corrected chi connectivity index (χ2v) is 8.80. The number of aromatic nitrogens is 3. The number of hydrogen-bond acceptors (Lipinski definition) is 6. The van der Waals surface area contributed by atoms with Crippen LogP contribution in [0, 0.1) is 13.8 Å². The fraction of sp³-hybridized carbons (Fsp3) is 0.316. The van der Waals surface area contributed by atoms with Gasteiger partial charge in [0, 0.05) is 11.4 Å². The van der Waals surface area contributed by atoms with Crippen LogP contribution >= 0.6 is 22.7 Å². The predicted molar refractivity (Wildman–Crippen MR) is 106 cm³/mol. The number of anilines is 1. The maximum Gasteiger partial charge on any atom is 0.141 e. The maximum atomic E-state index is 4.91. The molecule has 126 valence electrons. The summed E-state index contributed by atoms with van der Waals surface area (Å²) < 4.78 is 1.26. The number of rotatable bonds is 2. The van der Waals surface area contributed by atoms with E-state index in [1.807, 2.05) is 11.3 Å². The molecule has 0 unspecified atom stereocenters. The van der Waals surface area contributed by atoms with Gasteiger partial charge in [0.05, 0.1) is 21.6 Å². The quantitative estimate of drug-likeness (QED) is 0.485. The Morgan fingerprint density at radius 2 is 2.00 bits per heavy atom. The zero-order valence-corrected chi connectivity index (χ0v) is 15.8. The van der Waals surface area contributed by atoms with E-state index in [-0.39, 0.29) is 0 Å². The lowest BCUT2D eigenvalue weighted by molar-refractivity contribution is 0.709. The molecular weight excluding hydrogens is 348 g/mol. The third-order valence-corrected chi connectivity index (χ3v) is 7.32. The van der Waals surface area contributed by atoms with Gasteiger partial charge in [0.25, 0.3) is 0 Å². The third-order valence-electron chi connectivity index (χ3n) is 5.07. The van der Waals surface area contributed by atoms with Gasteiger partial charge in [0.15, 0.2) is 0 Å². The largest absolute Gasteiger partial charge is 0.346 e. The summed E-state index contributed by atoms with van der Waals surface area (Å²) in [6, 6.07) is 8.72. The Kier molecular flexibility index (Phi) is 3.50. The van der Waals surface area contributed by atoms with Crippen LogP contribution in [-0.4, -0.2) is 21.5 Å². The van der Waals surface area contributed by atoms with Crippen molar-refractivity contribution < 1.29 is 0 Å². The van der Waals surface area contributed by atoms with Crippen LogP contribution < -0.4 is 4.90 Å². The molecule has 1 saturated heterocycles. The molecule has 0 saturated carbocycles. The highest BCUT2D eigenvalue weighted by molar-refractivity contribution is 7.19. The van der Waals surface area contributed by atoms with Crippen molar-refractivity contribution in [1.29, 1.82) is 0 Å². The topological polar surface area (TPSA) is 41.9 Å². The molecule has 4 heterocycles. The summed E-state index contributed by atoms with van der Waals surface area (Å²) in [5.74, 6) is 1.08. The van der Waals surface area contributed by atoms with Crippen molar-refractivity contribution in [3.63, 3.8) is 0 Å². The van der Waals surface area contributed by atoms with E-state index in [9.17, 15) is 0 Å². The van der Waals surface area contributed by atoms with Gasteiger partial charge < -0.3 is 4.90 Å². The lowest BCUT2D eigenvalue weighted by Gasteiger charge is -2.24. The molecule has 5 rings (SSSR count). The van der Waals surface area contributed by atoms with Gasteiger partial charge in [-0.15, -0.1) is 22.7 Å². The second kappa shape index (κ2) is 5.75. The molecule has 4 aromatic rings. The highest BCUT2D eigenvalue weighted by atomic mass is 32.1. The number of benzene rings is 1. The van der Waals surface area contributed by atoms with Gasteiger partial charge in [-0.3, -0.25) is 0 Å². The van der Waals surface area contributed by atoms with Crippen LogP contribution in [0.5, 0.6) is 0 Å². The first-order valence-corrected chi connectivity index (χ1v) is 10.2. The summed E-state index contributed by atoms with van der Waals surface area (Å²) in [5.41, 5.74) is 2.41. The monoisotopic (exact) mass is 366 g/mol. The fourth-order valence-corrected chi connectivity index (χ4v) is 5.80. The molecule has 1 atom stereocenters. The third kappa shape index (κ3) is 2.35. The number of para-hydroxylation sites is 1. The van der Waals surface area contributed by atoms with E-state index in [2.05, 4.69) is 48.0 Å². The number of thiazole rings is 1. The summed E-state index contributed by atoms with van der Waals surface area (Å²) in [6.07, 6.45) is 4.02. The van der Waals surface area contributed by atoms with Crippen molar-refractivity contribution in [2.45, 2.75) is 32.7 Å². The molecule has 0 N–H and O–H groups in total. The molecule has 1 fully saturated rings. The SMILES string of the molecule is Cc1sc2ncnc(N3CCC[C@@H]3c3nc4ccccc4s3)c2c1C. The first-order valence-electron chi connectivity index (χ1n) is 8.55. The predicted octanol–water partition coefficient (Wildman–Crippen LogP) is 5.26. The van der Waals surface area contributed by atoms with Crippen molar-refractivity contribution in [2.24, 2.45) is 0 Å². The molecule has 3 aromatic heterocycles. The molecule has 0 radical (unpaired) electrons. The molecule has 0 amide bonds. The number of hydrogen-bond donors (Lipinski definition) is 0. The van der Waals surface area contributed by atoms with E-state index >= 15 is 0 Å². The minimum absolute atomic E-state index is 0.315. The Balaban J connectivity index is 1.64. The maximum absolute atomic E-state index is 4.91. The molecule has 0 spiro atoms. The summed E-state index contributed by atoms with van der Waals surface area (Å²) in [5, 5.41) is 2.42. The van der Waals surface area contributed by atoms with Crippen LogP contribution in [0.25, 0.3) is 20.4 Å². The van der Waals surface area contributed by atoms with E-state index in [0.717, 1.165) is 29.1 Å². The van der Waals surface area contributed by atoms with Gasteiger partial charge in [-0.25, -0.2) is 15.0 Å². The Hall–Kier alpha value is -2.05. The van der Waals surface area contributed by atoms with E-state index in [0.29, 0.717) is 6.04 Å². The minimum Gasteiger partial charge on any atom is -0.346 e. The van der Waals surface area contributed by atoms with Crippen molar-refractivity contribution in [3.8, 4) is 0 Å². The lowest BCUT2D eigenvalue weighted by Crippen LogP contribution is -2.23. The average molecular weight is 367 g/mol. The Labute approximate surface area is 154 Å². The van der Waals surface area contributed by atoms with Gasteiger partial charge in [0.1, 0.15) is 22.0 Å². The molecular formula is C19H18N4S2. The van der Waals surface area contributed by atoms with Crippen LogP contribution in [0.15, 0.2) is 30.6 Å². The van der Waals surface area contributed by atoms with Gasteiger partial charge in [-0.2, -0.15) is 0 Å². The van der Waals surface area contributed by atoms with E-state index in [4.69, 9.17) is 9.97 Å². The molecule has 25 heavy (non-hydrogen) atoms. The van der Waals surface area contributed by atoms with Crippen molar-refractivity contribution in [3.05, 3.63) is 46.0 Å². The number of aryl methyl sites for hydroxylation is 2. The van der Waals surface area contributed by atoms with E-state index < -0.39 is 0 Å². The molecule has 6 heteroatoms. The lowest BCUT2D eigenvalue weighted by atomic mass is 10.2. The Bertz CT molecular complexity index is 1050. The number of thiophene rings is 1. The van der Waals surface area contributed by atoms with Crippen LogP contribution in [0.4, 0.5) is 5.82 Å². The molecule has 1 aliphatic rings. The van der Waals surface area contributed by atoms with Crippen LogP contribution in [0.2, 0.25) is 0 Å². The van der Waals surface area contributed by atoms with Gasteiger partial charge in [0.2, 0.25) is 0 Å². The molecule has 0 bridgehead atoms. The zero-order chi connectivity index (χ0) is 17.0. The highest BCUT2D eigenvalue weighted by Gasteiger charge is 2.31. The summed E-state index contributed by atoms with van der Waals surface area (Å²) in [4.78, 5) is 19.0.